The van der Waals surface area contributed by atoms with Crippen molar-refractivity contribution in [3.63, 3.8) is 0 Å². The molecule has 3 fully saturated rings. The molecule has 2 heterocycles. The molecule has 1 aliphatic heterocycles. The monoisotopic (exact) mass is 532 g/mol. The first-order valence-electron chi connectivity index (χ1n) is 14.4. The average Bonchev–Trinajstić information content (AvgIpc) is 3.64. The molecule has 8 heteroatoms. The highest BCUT2D eigenvalue weighted by atomic mass is 16.3. The van der Waals surface area contributed by atoms with Crippen LogP contribution in [0.25, 0.3) is 0 Å². The fourth-order valence-electron chi connectivity index (χ4n) is 7.93. The lowest BCUT2D eigenvalue weighted by Gasteiger charge is -2.49. The summed E-state index contributed by atoms with van der Waals surface area (Å²) in [5, 5.41) is 13.2. The maximum atomic E-state index is 13.2. The summed E-state index contributed by atoms with van der Waals surface area (Å²) in [4.78, 5) is 44.0. The van der Waals surface area contributed by atoms with Crippen LogP contribution in [0.15, 0.2) is 29.1 Å². The Bertz CT molecular complexity index is 1380. The number of carbonyl (C=O) groups excluding carboxylic acids is 2. The lowest BCUT2D eigenvalue weighted by atomic mass is 9.62. The maximum Gasteiger partial charge on any atom is 0.261 e. The van der Waals surface area contributed by atoms with Gasteiger partial charge in [-0.05, 0) is 104 Å². The van der Waals surface area contributed by atoms with Crippen molar-refractivity contribution in [2.75, 3.05) is 13.1 Å². The minimum absolute atomic E-state index is 0.0304. The van der Waals surface area contributed by atoms with Crippen LogP contribution in [-0.2, 0) is 23.1 Å². The van der Waals surface area contributed by atoms with E-state index in [4.69, 9.17) is 5.73 Å². The predicted molar refractivity (Wildman–Crippen MR) is 149 cm³/mol. The Kier molecular flexibility index (Phi) is 6.36. The number of benzene rings is 1. The van der Waals surface area contributed by atoms with E-state index in [0.29, 0.717) is 30.7 Å². The highest BCUT2D eigenvalue weighted by molar-refractivity contribution is 5.97. The van der Waals surface area contributed by atoms with Gasteiger partial charge in [-0.1, -0.05) is 19.9 Å². The fraction of sp³-hybridized carbons (Fsp3) is 0.581. The summed E-state index contributed by atoms with van der Waals surface area (Å²) in [6.07, 6.45) is 5.53. The van der Waals surface area contributed by atoms with Gasteiger partial charge in [0.15, 0.2) is 0 Å². The SMILES string of the molecule is Cc1ccc(O)cc1[C@@]12Cc3[nH]c(=O)c(C(=O)N[C@@H](CC(C)C)C(N)=O)cc3C[C@H]1[C@H]1C(CN1CC1CC1)C2. The summed E-state index contributed by atoms with van der Waals surface area (Å²) < 4.78 is 0. The van der Waals surface area contributed by atoms with Gasteiger partial charge < -0.3 is 21.1 Å². The van der Waals surface area contributed by atoms with Crippen LogP contribution in [-0.4, -0.2) is 52.0 Å². The first-order valence-corrected chi connectivity index (χ1v) is 14.4. The number of amides is 2. The molecule has 208 valence electrons. The van der Waals surface area contributed by atoms with Crippen LogP contribution in [0.3, 0.4) is 0 Å². The predicted octanol–water partition coefficient (Wildman–Crippen LogP) is 2.79. The molecule has 1 unspecified atom stereocenters. The van der Waals surface area contributed by atoms with Gasteiger partial charge in [-0.2, -0.15) is 0 Å². The summed E-state index contributed by atoms with van der Waals surface area (Å²) in [5.74, 6) is 0.998. The van der Waals surface area contributed by atoms with Crippen LogP contribution >= 0.6 is 0 Å². The van der Waals surface area contributed by atoms with Crippen LogP contribution in [0.5, 0.6) is 5.75 Å². The molecule has 4 aliphatic rings. The molecule has 3 aliphatic carbocycles. The maximum absolute atomic E-state index is 13.2. The number of hydrogen-bond acceptors (Lipinski definition) is 5. The number of fused-ring (bicyclic) bond motifs is 4. The van der Waals surface area contributed by atoms with E-state index < -0.39 is 23.4 Å². The van der Waals surface area contributed by atoms with Crippen LogP contribution in [0, 0.1) is 30.6 Å². The summed E-state index contributed by atoms with van der Waals surface area (Å²) in [7, 11) is 0. The van der Waals surface area contributed by atoms with Gasteiger partial charge in [0.05, 0.1) is 0 Å². The van der Waals surface area contributed by atoms with E-state index in [1.807, 2.05) is 26.0 Å². The normalized spacial score (nSPS) is 28.3. The van der Waals surface area contributed by atoms with Gasteiger partial charge in [0.2, 0.25) is 5.91 Å². The topological polar surface area (TPSA) is 129 Å². The number of aryl methyl sites for hydroxylation is 1. The van der Waals surface area contributed by atoms with Crippen molar-refractivity contribution in [2.24, 2.45) is 29.4 Å². The number of likely N-dealkylation sites (tertiary alicyclic amines) is 1. The van der Waals surface area contributed by atoms with Gasteiger partial charge >= 0.3 is 0 Å². The van der Waals surface area contributed by atoms with E-state index in [1.165, 1.54) is 18.4 Å². The molecule has 2 amide bonds. The summed E-state index contributed by atoms with van der Waals surface area (Å²) in [5.41, 5.74) is 9.16. The molecule has 1 aromatic heterocycles. The number of aromatic nitrogens is 1. The molecule has 39 heavy (non-hydrogen) atoms. The number of aromatic amines is 1. The second kappa shape index (κ2) is 9.51. The van der Waals surface area contributed by atoms with Crippen molar-refractivity contribution in [2.45, 2.75) is 76.8 Å². The van der Waals surface area contributed by atoms with E-state index in [1.54, 1.807) is 12.1 Å². The average molecular weight is 533 g/mol. The van der Waals surface area contributed by atoms with E-state index >= 15 is 0 Å². The Morgan fingerprint density at radius 3 is 2.72 bits per heavy atom. The number of nitrogens with two attached hydrogens (primary N) is 1. The van der Waals surface area contributed by atoms with Gasteiger partial charge in [0.1, 0.15) is 17.4 Å². The number of primary amides is 1. The number of nitrogens with zero attached hydrogens (tertiary/aromatic N) is 1. The van der Waals surface area contributed by atoms with Gasteiger partial charge in [-0.3, -0.25) is 19.3 Å². The molecule has 0 spiro atoms. The fourth-order valence-corrected chi connectivity index (χ4v) is 7.93. The minimum atomic E-state index is -0.823. The van der Waals surface area contributed by atoms with Crippen molar-refractivity contribution in [3.8, 4) is 5.75 Å². The number of H-pyrrole nitrogens is 1. The number of phenolic OH excluding ortho intramolecular Hbond substituents is 1. The molecular formula is C31H40N4O4. The van der Waals surface area contributed by atoms with E-state index in [-0.39, 0.29) is 22.6 Å². The number of carbonyl (C=O) groups is 2. The number of nitrogens with one attached hydrogen (secondary N) is 2. The Hall–Kier alpha value is -3.13. The van der Waals surface area contributed by atoms with Crippen molar-refractivity contribution in [1.29, 1.82) is 0 Å². The Morgan fingerprint density at radius 2 is 2.03 bits per heavy atom. The third-order valence-electron chi connectivity index (χ3n) is 9.82. The molecule has 5 atom stereocenters. The van der Waals surface area contributed by atoms with Gasteiger partial charge in [0.25, 0.3) is 11.5 Å². The van der Waals surface area contributed by atoms with Crippen molar-refractivity contribution in [1.82, 2.24) is 15.2 Å². The van der Waals surface area contributed by atoms with Gasteiger partial charge in [-0.25, -0.2) is 0 Å². The molecule has 1 saturated heterocycles. The van der Waals surface area contributed by atoms with Crippen LogP contribution in [0.2, 0.25) is 0 Å². The number of rotatable bonds is 8. The van der Waals surface area contributed by atoms with Gasteiger partial charge in [-0.15, -0.1) is 0 Å². The highest BCUT2D eigenvalue weighted by Crippen LogP contribution is 2.60. The molecule has 0 radical (unpaired) electrons. The quantitative estimate of drug-likeness (QED) is 0.416. The molecule has 8 nitrogen and oxygen atoms in total. The molecule has 5 N–H and O–H groups in total. The second-order valence-corrected chi connectivity index (χ2v) is 13.1. The van der Waals surface area contributed by atoms with Gasteiger partial charge in [0, 0.05) is 30.2 Å². The second-order valence-electron chi connectivity index (χ2n) is 13.1. The van der Waals surface area contributed by atoms with Crippen LogP contribution in [0.1, 0.15) is 72.3 Å². The largest absolute Gasteiger partial charge is 0.508 e. The molecule has 0 bridgehead atoms. The number of aromatic hydroxyl groups is 1. The zero-order valence-electron chi connectivity index (χ0n) is 23.1. The Morgan fingerprint density at radius 1 is 1.26 bits per heavy atom. The zero-order valence-corrected chi connectivity index (χ0v) is 23.1. The van der Waals surface area contributed by atoms with Crippen molar-refractivity contribution < 1.29 is 14.7 Å². The number of phenols is 1. The van der Waals surface area contributed by atoms with Crippen molar-refractivity contribution in [3.05, 3.63) is 62.6 Å². The zero-order chi connectivity index (χ0) is 27.6. The van der Waals surface area contributed by atoms with Crippen molar-refractivity contribution >= 4 is 11.8 Å². The summed E-state index contributed by atoms with van der Waals surface area (Å²) >= 11 is 0. The molecule has 6 rings (SSSR count). The first-order chi connectivity index (χ1) is 18.6. The standard InChI is InChI=1S/C31H40N4O4/c1-16(2)8-25(28(32)37)33-29(38)22-9-19-10-24-27-20(15-35(27)14-18-5-6-18)12-31(24,13-26(19)34-30(22)39)23-11-21(36)7-4-17(23)3/h4,7,9,11,16,18,20,24-25,27,36H,5-6,8,10,12-15H2,1-3H3,(H2,32,37)(H,33,38)(H,34,39)/t20?,24-,25-,27+,31+/m0/s1. The van der Waals surface area contributed by atoms with E-state index in [9.17, 15) is 19.5 Å². The van der Waals surface area contributed by atoms with Crippen LogP contribution < -0.4 is 16.6 Å². The molecule has 2 aromatic rings. The number of pyridine rings is 1. The lowest BCUT2D eigenvalue weighted by Crippen LogP contribution is -2.58. The smallest absolute Gasteiger partial charge is 0.261 e. The summed E-state index contributed by atoms with van der Waals surface area (Å²) in [6.45, 7) is 8.29. The molecular weight excluding hydrogens is 492 g/mol. The highest BCUT2D eigenvalue weighted by Gasteiger charge is 2.62. The number of hydrogen-bond donors (Lipinski definition) is 4. The molecule has 2 saturated carbocycles. The molecule has 1 aromatic carbocycles. The van der Waals surface area contributed by atoms with Crippen LogP contribution in [0.4, 0.5) is 0 Å². The minimum Gasteiger partial charge on any atom is -0.508 e. The first kappa shape index (κ1) is 26.1. The Labute approximate surface area is 229 Å². The van der Waals surface area contributed by atoms with E-state index in [2.05, 4.69) is 22.1 Å². The Balaban J connectivity index is 1.36. The third kappa shape index (κ3) is 4.56. The lowest BCUT2D eigenvalue weighted by molar-refractivity contribution is -0.120. The summed E-state index contributed by atoms with van der Waals surface area (Å²) in [6, 6.07) is 7.06. The third-order valence-corrected chi connectivity index (χ3v) is 9.82. The van der Waals surface area contributed by atoms with E-state index in [0.717, 1.165) is 48.7 Å².